The SMILES string of the molecule is COc1c(Br)cc(Br)cc1/C=C1\N=C(c2ccc(Cl)c([N+](=O)[O-])c2)OC1=O. The molecule has 1 heterocycles. The van der Waals surface area contributed by atoms with Gasteiger partial charge in [0, 0.05) is 21.7 Å². The predicted octanol–water partition coefficient (Wildman–Crippen LogP) is 5.13. The summed E-state index contributed by atoms with van der Waals surface area (Å²) in [6, 6.07) is 7.59. The molecule has 0 atom stereocenters. The number of carbonyl (C=O) groups is 1. The standard InChI is InChI=1S/C17H9Br2ClN2O5/c1-26-15-9(4-10(18)7-11(15)19)5-13-17(23)27-16(21-13)8-2-3-12(20)14(6-8)22(24)25/h2-7H,1H3/b13-5-. The van der Waals surface area contributed by atoms with E-state index in [0.29, 0.717) is 15.8 Å². The number of ether oxygens (including phenoxy) is 2. The molecule has 0 aromatic heterocycles. The maximum Gasteiger partial charge on any atom is 0.363 e. The number of carbonyl (C=O) groups excluding carboxylic acids is 1. The second-order valence-electron chi connectivity index (χ2n) is 5.27. The Hall–Kier alpha value is -2.23. The number of hydrogen-bond acceptors (Lipinski definition) is 6. The summed E-state index contributed by atoms with van der Waals surface area (Å²) in [5.74, 6) is -0.205. The van der Waals surface area contributed by atoms with Crippen LogP contribution in [0.4, 0.5) is 5.69 Å². The molecule has 0 N–H and O–H groups in total. The second-order valence-corrected chi connectivity index (χ2v) is 7.45. The molecule has 1 aliphatic rings. The molecule has 3 rings (SSSR count). The van der Waals surface area contributed by atoms with E-state index in [9.17, 15) is 14.9 Å². The van der Waals surface area contributed by atoms with Crippen LogP contribution in [0.1, 0.15) is 11.1 Å². The number of nitro benzene ring substituents is 1. The van der Waals surface area contributed by atoms with Crippen LogP contribution in [0.15, 0.2) is 50.0 Å². The molecule has 0 aliphatic carbocycles. The monoisotopic (exact) mass is 514 g/mol. The van der Waals surface area contributed by atoms with E-state index in [0.717, 1.165) is 4.47 Å². The molecule has 7 nitrogen and oxygen atoms in total. The summed E-state index contributed by atoms with van der Waals surface area (Å²) in [6.07, 6.45) is 1.51. The summed E-state index contributed by atoms with van der Waals surface area (Å²) in [5, 5.41) is 11.0. The molecule has 0 spiro atoms. The minimum absolute atomic E-state index is 0.0202. The Morgan fingerprint density at radius 1 is 1.30 bits per heavy atom. The Labute approximate surface area is 175 Å². The van der Waals surface area contributed by atoms with E-state index >= 15 is 0 Å². The normalized spacial score (nSPS) is 14.9. The first kappa shape index (κ1) is 19.5. The molecule has 0 fully saturated rings. The van der Waals surface area contributed by atoms with Crippen molar-refractivity contribution in [1.29, 1.82) is 0 Å². The minimum Gasteiger partial charge on any atom is -0.495 e. The third-order valence-electron chi connectivity index (χ3n) is 3.54. The third kappa shape index (κ3) is 4.05. The molecule has 0 unspecified atom stereocenters. The Morgan fingerprint density at radius 2 is 2.04 bits per heavy atom. The molecular weight excluding hydrogens is 507 g/mol. The number of methoxy groups -OCH3 is 1. The van der Waals surface area contributed by atoms with Gasteiger partial charge in [0.1, 0.15) is 10.8 Å². The number of aliphatic imine (C=N–C) groups is 1. The molecule has 1 aliphatic heterocycles. The van der Waals surface area contributed by atoms with Crippen LogP contribution in [0.25, 0.3) is 6.08 Å². The zero-order chi connectivity index (χ0) is 19.7. The van der Waals surface area contributed by atoms with Gasteiger partial charge in [-0.3, -0.25) is 10.1 Å². The molecule has 0 radical (unpaired) electrons. The number of nitro groups is 1. The van der Waals surface area contributed by atoms with Crippen molar-refractivity contribution in [3.8, 4) is 5.75 Å². The van der Waals surface area contributed by atoms with Gasteiger partial charge in [-0.05, 0) is 46.3 Å². The van der Waals surface area contributed by atoms with Gasteiger partial charge in [0.25, 0.3) is 5.69 Å². The molecular formula is C17H9Br2ClN2O5. The van der Waals surface area contributed by atoms with E-state index in [4.69, 9.17) is 21.1 Å². The number of benzene rings is 2. The molecule has 2 aromatic rings. The minimum atomic E-state index is -0.680. The van der Waals surface area contributed by atoms with Crippen molar-refractivity contribution in [3.63, 3.8) is 0 Å². The van der Waals surface area contributed by atoms with Crippen LogP contribution in [0.5, 0.6) is 5.75 Å². The van der Waals surface area contributed by atoms with Gasteiger partial charge in [-0.1, -0.05) is 27.5 Å². The van der Waals surface area contributed by atoms with E-state index < -0.39 is 10.9 Å². The Bertz CT molecular complexity index is 1040. The van der Waals surface area contributed by atoms with E-state index in [1.165, 1.54) is 31.4 Å². The molecule has 27 heavy (non-hydrogen) atoms. The lowest BCUT2D eigenvalue weighted by Gasteiger charge is -2.08. The fraction of sp³-hybridized carbons (Fsp3) is 0.0588. The summed E-state index contributed by atoms with van der Waals surface area (Å²) in [6.45, 7) is 0. The Balaban J connectivity index is 2.04. The molecule has 10 heteroatoms. The van der Waals surface area contributed by atoms with Crippen molar-refractivity contribution in [1.82, 2.24) is 0 Å². The Morgan fingerprint density at radius 3 is 2.70 bits per heavy atom. The van der Waals surface area contributed by atoms with Crippen LogP contribution in [-0.4, -0.2) is 23.9 Å². The van der Waals surface area contributed by atoms with Crippen molar-refractivity contribution in [2.75, 3.05) is 7.11 Å². The lowest BCUT2D eigenvalue weighted by atomic mass is 10.1. The van der Waals surface area contributed by atoms with Crippen molar-refractivity contribution in [2.45, 2.75) is 0 Å². The van der Waals surface area contributed by atoms with Crippen LogP contribution < -0.4 is 4.74 Å². The number of cyclic esters (lactones) is 1. The highest BCUT2D eigenvalue weighted by Gasteiger charge is 2.26. The first-order valence-electron chi connectivity index (χ1n) is 7.30. The molecule has 0 saturated heterocycles. The summed E-state index contributed by atoms with van der Waals surface area (Å²) in [7, 11) is 1.50. The molecule has 0 saturated carbocycles. The van der Waals surface area contributed by atoms with Gasteiger partial charge in [0.05, 0.1) is 16.5 Å². The summed E-state index contributed by atoms with van der Waals surface area (Å²) in [4.78, 5) is 26.8. The third-order valence-corrected chi connectivity index (χ3v) is 4.91. The van der Waals surface area contributed by atoms with Gasteiger partial charge >= 0.3 is 5.97 Å². The number of esters is 1. The van der Waals surface area contributed by atoms with E-state index in [1.807, 2.05) is 0 Å². The second kappa shape index (κ2) is 7.79. The van der Waals surface area contributed by atoms with Crippen molar-refractivity contribution >= 4 is 67.1 Å². The maximum atomic E-state index is 12.2. The lowest BCUT2D eigenvalue weighted by Crippen LogP contribution is -2.06. The van der Waals surface area contributed by atoms with E-state index in [1.54, 1.807) is 12.1 Å². The number of halogens is 3. The number of hydrogen-bond donors (Lipinski definition) is 0. The van der Waals surface area contributed by atoms with Gasteiger partial charge in [0.15, 0.2) is 5.70 Å². The smallest absolute Gasteiger partial charge is 0.363 e. The highest BCUT2D eigenvalue weighted by Crippen LogP contribution is 2.35. The average molecular weight is 517 g/mol. The number of rotatable bonds is 4. The topological polar surface area (TPSA) is 91.0 Å². The lowest BCUT2D eigenvalue weighted by molar-refractivity contribution is -0.384. The first-order chi connectivity index (χ1) is 12.8. The van der Waals surface area contributed by atoms with Crippen molar-refractivity contribution in [2.24, 2.45) is 4.99 Å². The maximum absolute atomic E-state index is 12.2. The van der Waals surface area contributed by atoms with Crippen LogP contribution in [0, 0.1) is 10.1 Å². The fourth-order valence-corrected chi connectivity index (χ4v) is 3.98. The van der Waals surface area contributed by atoms with E-state index in [2.05, 4.69) is 36.9 Å². The highest BCUT2D eigenvalue weighted by molar-refractivity contribution is 9.11. The first-order valence-corrected chi connectivity index (χ1v) is 9.26. The molecule has 138 valence electrons. The zero-order valence-electron chi connectivity index (χ0n) is 13.5. The Kier molecular flexibility index (Phi) is 5.64. The van der Waals surface area contributed by atoms with E-state index in [-0.39, 0.29) is 27.9 Å². The molecule has 0 bridgehead atoms. The summed E-state index contributed by atoms with van der Waals surface area (Å²) >= 11 is 12.6. The summed E-state index contributed by atoms with van der Waals surface area (Å²) < 4.78 is 12.0. The molecule has 2 aromatic carbocycles. The van der Waals surface area contributed by atoms with Crippen LogP contribution >= 0.6 is 43.5 Å². The van der Waals surface area contributed by atoms with Gasteiger partial charge < -0.3 is 9.47 Å². The van der Waals surface area contributed by atoms with Gasteiger partial charge in [-0.25, -0.2) is 9.79 Å². The van der Waals surface area contributed by atoms with Gasteiger partial charge in [-0.15, -0.1) is 0 Å². The highest BCUT2D eigenvalue weighted by atomic mass is 79.9. The average Bonchev–Trinajstić information content (AvgIpc) is 2.95. The predicted molar refractivity (Wildman–Crippen MR) is 107 cm³/mol. The number of nitrogens with zero attached hydrogens (tertiary/aromatic N) is 2. The van der Waals surface area contributed by atoms with Crippen molar-refractivity contribution < 1.29 is 19.2 Å². The fourth-order valence-electron chi connectivity index (χ4n) is 2.37. The quantitative estimate of drug-likeness (QED) is 0.243. The van der Waals surface area contributed by atoms with Gasteiger partial charge in [-0.2, -0.15) is 0 Å². The largest absolute Gasteiger partial charge is 0.495 e. The van der Waals surface area contributed by atoms with Crippen LogP contribution in [0.3, 0.4) is 0 Å². The molecule has 0 amide bonds. The summed E-state index contributed by atoms with van der Waals surface area (Å²) in [5.41, 5.74) is 0.594. The van der Waals surface area contributed by atoms with Crippen LogP contribution in [0.2, 0.25) is 5.02 Å². The van der Waals surface area contributed by atoms with Crippen LogP contribution in [-0.2, 0) is 9.53 Å². The zero-order valence-corrected chi connectivity index (χ0v) is 17.5. The van der Waals surface area contributed by atoms with Crippen molar-refractivity contribution in [3.05, 3.63) is 71.2 Å². The van der Waals surface area contributed by atoms with Gasteiger partial charge in [0.2, 0.25) is 5.90 Å².